The van der Waals surface area contributed by atoms with E-state index in [-0.39, 0.29) is 5.75 Å². The van der Waals surface area contributed by atoms with E-state index in [2.05, 4.69) is 10.3 Å². The van der Waals surface area contributed by atoms with E-state index >= 15 is 0 Å². The van der Waals surface area contributed by atoms with Gasteiger partial charge in [-0.2, -0.15) is 0 Å². The number of guanidine groups is 1. The number of aliphatic imine (C=N–C) groups is 1. The van der Waals surface area contributed by atoms with Crippen LogP contribution in [0.3, 0.4) is 0 Å². The molecule has 6 heteroatoms. The van der Waals surface area contributed by atoms with Crippen molar-refractivity contribution in [3.05, 3.63) is 65.7 Å². The van der Waals surface area contributed by atoms with E-state index in [4.69, 9.17) is 5.73 Å². The molecule has 0 bridgehead atoms. The summed E-state index contributed by atoms with van der Waals surface area (Å²) in [5.74, 6) is 0.297. The molecule has 116 valence electrons. The number of nitrogens with one attached hydrogen (secondary N) is 1. The molecule has 5 nitrogen and oxygen atoms in total. The molecule has 0 aliphatic heterocycles. The van der Waals surface area contributed by atoms with E-state index in [1.165, 1.54) is 6.26 Å². The van der Waals surface area contributed by atoms with E-state index in [9.17, 15) is 8.42 Å². The van der Waals surface area contributed by atoms with Gasteiger partial charge in [0.15, 0.2) is 15.8 Å². The first-order valence-corrected chi connectivity index (χ1v) is 8.86. The van der Waals surface area contributed by atoms with Crippen LogP contribution < -0.4 is 11.1 Å². The van der Waals surface area contributed by atoms with Gasteiger partial charge in [0.1, 0.15) is 0 Å². The van der Waals surface area contributed by atoms with Gasteiger partial charge < -0.3 is 11.1 Å². The summed E-state index contributed by atoms with van der Waals surface area (Å²) in [7, 11) is -3.08. The summed E-state index contributed by atoms with van der Waals surface area (Å²) in [4.78, 5) is 4.27. The minimum Gasteiger partial charge on any atom is -0.370 e. The average molecular weight is 317 g/mol. The normalized spacial score (nSPS) is 12.1. The lowest BCUT2D eigenvalue weighted by Gasteiger charge is -2.08. The summed E-state index contributed by atoms with van der Waals surface area (Å²) in [6.07, 6.45) is 1.22. The fourth-order valence-corrected chi connectivity index (χ4v) is 2.86. The minimum absolute atomic E-state index is 0.00467. The Morgan fingerprint density at radius 2 is 1.64 bits per heavy atom. The van der Waals surface area contributed by atoms with Crippen LogP contribution in [0.15, 0.2) is 59.6 Å². The van der Waals surface area contributed by atoms with Crippen molar-refractivity contribution >= 4 is 21.5 Å². The number of nitrogens with two attached hydrogens (primary N) is 1. The second-order valence-corrected chi connectivity index (χ2v) is 7.17. The zero-order chi connectivity index (χ0) is 16.0. The Labute approximate surface area is 130 Å². The van der Waals surface area contributed by atoms with Crippen LogP contribution in [0.4, 0.5) is 5.69 Å². The lowest BCUT2D eigenvalue weighted by molar-refractivity contribution is 0.601. The van der Waals surface area contributed by atoms with Gasteiger partial charge in [-0.25, -0.2) is 13.4 Å². The molecular formula is C16H19N3O2S. The van der Waals surface area contributed by atoms with Crippen molar-refractivity contribution in [1.82, 2.24) is 0 Å². The molecule has 0 aliphatic carbocycles. The van der Waals surface area contributed by atoms with Gasteiger partial charge in [-0.05, 0) is 23.3 Å². The maximum atomic E-state index is 11.5. The van der Waals surface area contributed by atoms with Crippen molar-refractivity contribution in [3.8, 4) is 0 Å². The van der Waals surface area contributed by atoms with Crippen LogP contribution in [0.2, 0.25) is 0 Å². The smallest absolute Gasteiger partial charge is 0.193 e. The fourth-order valence-electron chi connectivity index (χ4n) is 2.01. The number of anilines is 1. The van der Waals surface area contributed by atoms with Gasteiger partial charge in [-0.1, -0.05) is 42.5 Å². The molecule has 0 aliphatic rings. The van der Waals surface area contributed by atoms with E-state index in [0.717, 1.165) is 16.8 Å². The third-order valence-corrected chi connectivity index (χ3v) is 3.84. The second-order valence-electron chi connectivity index (χ2n) is 5.03. The van der Waals surface area contributed by atoms with Crippen LogP contribution in [0.1, 0.15) is 11.1 Å². The summed E-state index contributed by atoms with van der Waals surface area (Å²) in [6, 6.07) is 16.8. The summed E-state index contributed by atoms with van der Waals surface area (Å²) in [5.41, 5.74) is 8.31. The molecule has 0 unspecified atom stereocenters. The molecule has 2 aromatic rings. The third kappa shape index (κ3) is 5.21. The zero-order valence-corrected chi connectivity index (χ0v) is 13.2. The van der Waals surface area contributed by atoms with E-state index in [0.29, 0.717) is 12.5 Å². The largest absolute Gasteiger partial charge is 0.370 e. The number of nitrogens with zero attached hydrogens (tertiary/aromatic N) is 1. The van der Waals surface area contributed by atoms with E-state index in [1.807, 2.05) is 48.5 Å². The highest BCUT2D eigenvalue weighted by molar-refractivity contribution is 7.89. The van der Waals surface area contributed by atoms with Crippen molar-refractivity contribution < 1.29 is 8.42 Å². The Hall–Kier alpha value is -2.34. The number of hydrogen-bond acceptors (Lipinski definition) is 3. The molecule has 2 rings (SSSR count). The summed E-state index contributed by atoms with van der Waals surface area (Å²) < 4.78 is 22.9. The standard InChI is InChI=1S/C16H19N3O2S/c1-22(20,21)12-14-8-6-5-7-13(14)11-18-16(17)19-15-9-3-2-4-10-15/h2-10H,11-12H2,1H3,(H3,17,18,19). The first-order valence-electron chi connectivity index (χ1n) is 6.80. The Morgan fingerprint density at radius 1 is 1.05 bits per heavy atom. The number of benzene rings is 2. The minimum atomic E-state index is -3.08. The Balaban J connectivity index is 2.09. The second kappa shape index (κ2) is 7.09. The predicted molar refractivity (Wildman–Crippen MR) is 90.4 cm³/mol. The highest BCUT2D eigenvalue weighted by atomic mass is 32.2. The van der Waals surface area contributed by atoms with E-state index in [1.54, 1.807) is 6.07 Å². The van der Waals surface area contributed by atoms with Gasteiger partial charge in [-0.3, -0.25) is 0 Å². The zero-order valence-electron chi connectivity index (χ0n) is 12.4. The topological polar surface area (TPSA) is 84.5 Å². The highest BCUT2D eigenvalue weighted by Gasteiger charge is 2.08. The average Bonchev–Trinajstić information content (AvgIpc) is 2.46. The molecular weight excluding hydrogens is 298 g/mol. The number of sulfone groups is 1. The quantitative estimate of drug-likeness (QED) is 0.654. The monoisotopic (exact) mass is 317 g/mol. The molecule has 0 aromatic heterocycles. The summed E-state index contributed by atoms with van der Waals surface area (Å²) in [5, 5.41) is 2.99. The van der Waals surface area contributed by atoms with Gasteiger partial charge in [0, 0.05) is 11.9 Å². The van der Waals surface area contributed by atoms with Gasteiger partial charge in [0.25, 0.3) is 0 Å². The molecule has 3 N–H and O–H groups in total. The van der Waals surface area contributed by atoms with E-state index < -0.39 is 9.84 Å². The first-order chi connectivity index (χ1) is 10.4. The third-order valence-electron chi connectivity index (χ3n) is 3.00. The number of para-hydroxylation sites is 1. The van der Waals surface area contributed by atoms with Crippen molar-refractivity contribution in [2.24, 2.45) is 10.7 Å². The Morgan fingerprint density at radius 3 is 2.27 bits per heavy atom. The molecule has 0 saturated heterocycles. The Kier molecular flexibility index (Phi) is 5.16. The van der Waals surface area contributed by atoms with Crippen LogP contribution in [-0.4, -0.2) is 20.6 Å². The maximum Gasteiger partial charge on any atom is 0.193 e. The lowest BCUT2D eigenvalue weighted by atomic mass is 10.1. The van der Waals surface area contributed by atoms with Gasteiger partial charge in [0.05, 0.1) is 12.3 Å². The molecule has 0 heterocycles. The molecule has 22 heavy (non-hydrogen) atoms. The molecule has 0 amide bonds. The summed E-state index contributed by atoms with van der Waals surface area (Å²) in [6.45, 7) is 0.331. The SMILES string of the molecule is CS(=O)(=O)Cc1ccccc1CN=C(N)Nc1ccccc1. The molecule has 0 fully saturated rings. The van der Waals surface area contributed by atoms with Crippen LogP contribution in [-0.2, 0) is 22.1 Å². The number of hydrogen-bond donors (Lipinski definition) is 2. The molecule has 0 spiro atoms. The lowest BCUT2D eigenvalue weighted by Crippen LogP contribution is -2.22. The van der Waals surface area contributed by atoms with Crippen molar-refractivity contribution in [1.29, 1.82) is 0 Å². The van der Waals surface area contributed by atoms with Crippen molar-refractivity contribution in [2.45, 2.75) is 12.3 Å². The van der Waals surface area contributed by atoms with Crippen molar-refractivity contribution in [2.75, 3.05) is 11.6 Å². The van der Waals surface area contributed by atoms with Crippen LogP contribution in [0.25, 0.3) is 0 Å². The molecule has 0 saturated carbocycles. The van der Waals surface area contributed by atoms with Crippen molar-refractivity contribution in [3.63, 3.8) is 0 Å². The molecule has 0 radical (unpaired) electrons. The van der Waals surface area contributed by atoms with Gasteiger partial charge in [0.2, 0.25) is 0 Å². The molecule has 0 atom stereocenters. The van der Waals surface area contributed by atoms with Gasteiger partial charge in [-0.15, -0.1) is 0 Å². The maximum absolute atomic E-state index is 11.5. The van der Waals surface area contributed by atoms with Gasteiger partial charge >= 0.3 is 0 Å². The highest BCUT2D eigenvalue weighted by Crippen LogP contribution is 2.13. The first kappa shape index (κ1) is 16.0. The summed E-state index contributed by atoms with van der Waals surface area (Å²) >= 11 is 0. The number of rotatable bonds is 5. The van der Waals surface area contributed by atoms with Crippen LogP contribution in [0, 0.1) is 0 Å². The Bertz CT molecular complexity index is 756. The van der Waals surface area contributed by atoms with Crippen LogP contribution in [0.5, 0.6) is 0 Å². The fraction of sp³-hybridized carbons (Fsp3) is 0.188. The predicted octanol–water partition coefficient (Wildman–Crippen LogP) is 2.16. The molecule has 2 aromatic carbocycles. The van der Waals surface area contributed by atoms with Crippen LogP contribution >= 0.6 is 0 Å².